The van der Waals surface area contributed by atoms with Crippen LogP contribution in [0.4, 0.5) is 0 Å². The Bertz CT molecular complexity index is 686. The van der Waals surface area contributed by atoms with E-state index in [4.69, 9.17) is 9.47 Å². The maximum Gasteiger partial charge on any atom is 0.306 e. The van der Waals surface area contributed by atoms with Crippen molar-refractivity contribution in [3.63, 3.8) is 0 Å². The summed E-state index contributed by atoms with van der Waals surface area (Å²) in [5.74, 6) is -0.594. The van der Waals surface area contributed by atoms with Crippen LogP contribution in [0.3, 0.4) is 0 Å². The van der Waals surface area contributed by atoms with Gasteiger partial charge in [0.2, 0.25) is 0 Å². The molecule has 0 saturated heterocycles. The zero-order chi connectivity index (χ0) is 32.9. The molecule has 5 nitrogen and oxygen atoms in total. The average Bonchev–Trinajstić information content (AvgIpc) is 3.04. The first-order chi connectivity index (χ1) is 22.1. The number of esters is 2. The largest absolute Gasteiger partial charge is 0.462 e. The lowest BCUT2D eigenvalue weighted by Gasteiger charge is -2.15. The Balaban J connectivity index is 3.55. The molecule has 45 heavy (non-hydrogen) atoms. The number of ether oxygens (including phenoxy) is 2. The molecule has 0 aliphatic heterocycles. The van der Waals surface area contributed by atoms with Gasteiger partial charge in [0.1, 0.15) is 6.61 Å². The smallest absolute Gasteiger partial charge is 0.306 e. The topological polar surface area (TPSA) is 72.8 Å². The van der Waals surface area contributed by atoms with E-state index in [2.05, 4.69) is 38.2 Å². The molecule has 1 N–H and O–H groups in total. The standard InChI is InChI=1S/C40H74O5/c1-3-5-7-9-11-13-15-17-18-19-20-21-23-25-27-29-31-33-35-40(43)45-38(36-41)37-44-39(42)34-32-30-28-26-24-22-16-14-12-10-8-6-4-2/h13,15,18-19,38,41H,3-12,14,16-17,20-37H2,1-2H3/b15-13-,19-18-. The second-order valence-corrected chi connectivity index (χ2v) is 13.0. The van der Waals surface area contributed by atoms with Gasteiger partial charge in [0.25, 0.3) is 0 Å². The molecule has 1 atom stereocenters. The van der Waals surface area contributed by atoms with E-state index >= 15 is 0 Å². The molecular weight excluding hydrogens is 560 g/mol. The lowest BCUT2D eigenvalue weighted by molar-refractivity contribution is -0.161. The van der Waals surface area contributed by atoms with Crippen molar-refractivity contribution in [1.29, 1.82) is 0 Å². The zero-order valence-electron chi connectivity index (χ0n) is 29.9. The van der Waals surface area contributed by atoms with E-state index in [1.54, 1.807) is 0 Å². The Morgan fingerprint density at radius 2 is 0.889 bits per heavy atom. The molecular formula is C40H74O5. The monoisotopic (exact) mass is 635 g/mol. The summed E-state index contributed by atoms with van der Waals surface area (Å²) in [7, 11) is 0. The summed E-state index contributed by atoms with van der Waals surface area (Å²) in [6.07, 6.45) is 42.3. The van der Waals surface area contributed by atoms with Crippen molar-refractivity contribution < 1.29 is 24.2 Å². The summed E-state index contributed by atoms with van der Waals surface area (Å²) in [5, 5.41) is 9.54. The highest BCUT2D eigenvalue weighted by molar-refractivity contribution is 5.70. The molecule has 0 fully saturated rings. The fourth-order valence-corrected chi connectivity index (χ4v) is 5.53. The third-order valence-corrected chi connectivity index (χ3v) is 8.50. The van der Waals surface area contributed by atoms with E-state index in [0.29, 0.717) is 12.8 Å². The Hall–Kier alpha value is -1.62. The number of unbranched alkanes of at least 4 members (excludes halogenated alkanes) is 23. The molecule has 0 aromatic rings. The fourth-order valence-electron chi connectivity index (χ4n) is 5.53. The van der Waals surface area contributed by atoms with Crippen molar-refractivity contribution in [3.05, 3.63) is 24.3 Å². The SMILES string of the molecule is CCCCCC/C=C\C/C=C\CCCCCCCCCC(=O)OC(CO)COC(=O)CCCCCCCCCCCCCCC. The predicted molar refractivity (Wildman–Crippen MR) is 191 cm³/mol. The molecule has 0 radical (unpaired) electrons. The first kappa shape index (κ1) is 43.4. The van der Waals surface area contributed by atoms with Crippen molar-refractivity contribution in [2.45, 2.75) is 206 Å². The molecule has 1 unspecified atom stereocenters. The van der Waals surface area contributed by atoms with Crippen LogP contribution in [-0.4, -0.2) is 36.4 Å². The second-order valence-electron chi connectivity index (χ2n) is 13.0. The van der Waals surface area contributed by atoms with Gasteiger partial charge in [-0.05, 0) is 44.9 Å². The van der Waals surface area contributed by atoms with Crippen LogP contribution in [0, 0.1) is 0 Å². The molecule has 0 aliphatic rings. The van der Waals surface area contributed by atoms with E-state index in [0.717, 1.165) is 51.4 Å². The zero-order valence-corrected chi connectivity index (χ0v) is 29.9. The minimum Gasteiger partial charge on any atom is -0.462 e. The highest BCUT2D eigenvalue weighted by atomic mass is 16.6. The fraction of sp³-hybridized carbons (Fsp3) is 0.850. The van der Waals surface area contributed by atoms with Gasteiger partial charge in [0, 0.05) is 12.8 Å². The molecule has 0 bridgehead atoms. The molecule has 0 spiro atoms. The van der Waals surface area contributed by atoms with Crippen LogP contribution in [-0.2, 0) is 19.1 Å². The Morgan fingerprint density at radius 1 is 0.511 bits per heavy atom. The minimum absolute atomic E-state index is 0.0649. The van der Waals surface area contributed by atoms with Gasteiger partial charge in [-0.1, -0.05) is 167 Å². The molecule has 0 heterocycles. The first-order valence-electron chi connectivity index (χ1n) is 19.4. The Kier molecular flexibility index (Phi) is 35.5. The molecule has 0 aromatic carbocycles. The normalized spacial score (nSPS) is 12.3. The first-order valence-corrected chi connectivity index (χ1v) is 19.4. The minimum atomic E-state index is -0.770. The number of hydrogen-bond acceptors (Lipinski definition) is 5. The van der Waals surface area contributed by atoms with Gasteiger partial charge in [0.05, 0.1) is 6.61 Å². The van der Waals surface area contributed by atoms with Crippen molar-refractivity contribution in [1.82, 2.24) is 0 Å². The van der Waals surface area contributed by atoms with E-state index in [1.165, 1.54) is 122 Å². The van der Waals surface area contributed by atoms with E-state index in [1.807, 2.05) is 0 Å². The lowest BCUT2D eigenvalue weighted by atomic mass is 10.0. The lowest BCUT2D eigenvalue weighted by Crippen LogP contribution is -2.28. The van der Waals surface area contributed by atoms with Gasteiger partial charge in [-0.15, -0.1) is 0 Å². The summed E-state index contributed by atoms with van der Waals surface area (Å²) in [6.45, 7) is 4.12. The summed E-state index contributed by atoms with van der Waals surface area (Å²) < 4.78 is 10.6. The van der Waals surface area contributed by atoms with Gasteiger partial charge in [0.15, 0.2) is 6.10 Å². The number of aliphatic hydroxyl groups excluding tert-OH is 1. The molecule has 264 valence electrons. The van der Waals surface area contributed by atoms with Crippen molar-refractivity contribution >= 4 is 11.9 Å². The van der Waals surface area contributed by atoms with Crippen LogP contribution in [0.25, 0.3) is 0 Å². The van der Waals surface area contributed by atoms with Crippen molar-refractivity contribution in [3.8, 4) is 0 Å². The third-order valence-electron chi connectivity index (χ3n) is 8.50. The van der Waals surface area contributed by atoms with Crippen LogP contribution in [0.5, 0.6) is 0 Å². The van der Waals surface area contributed by atoms with Gasteiger partial charge < -0.3 is 14.6 Å². The number of carbonyl (C=O) groups excluding carboxylic acids is 2. The summed E-state index contributed by atoms with van der Waals surface area (Å²) >= 11 is 0. The van der Waals surface area contributed by atoms with Crippen LogP contribution < -0.4 is 0 Å². The maximum absolute atomic E-state index is 12.2. The van der Waals surface area contributed by atoms with Crippen LogP contribution in [0.1, 0.15) is 200 Å². The summed E-state index contributed by atoms with van der Waals surface area (Å²) in [4.78, 5) is 24.2. The molecule has 0 rings (SSSR count). The second kappa shape index (κ2) is 36.8. The van der Waals surface area contributed by atoms with Gasteiger partial charge in [-0.3, -0.25) is 9.59 Å². The predicted octanol–water partition coefficient (Wildman–Crippen LogP) is 11.9. The number of aliphatic hydroxyl groups is 1. The van der Waals surface area contributed by atoms with Crippen LogP contribution >= 0.6 is 0 Å². The highest BCUT2D eigenvalue weighted by Gasteiger charge is 2.16. The van der Waals surface area contributed by atoms with Gasteiger partial charge in [-0.2, -0.15) is 0 Å². The molecule has 5 heteroatoms. The van der Waals surface area contributed by atoms with E-state index in [9.17, 15) is 14.7 Å². The molecule has 0 saturated carbocycles. The van der Waals surface area contributed by atoms with E-state index < -0.39 is 6.10 Å². The van der Waals surface area contributed by atoms with Crippen molar-refractivity contribution in [2.24, 2.45) is 0 Å². The number of carbonyl (C=O) groups is 2. The maximum atomic E-state index is 12.2. The summed E-state index contributed by atoms with van der Waals surface area (Å²) in [6, 6.07) is 0. The van der Waals surface area contributed by atoms with Crippen molar-refractivity contribution in [2.75, 3.05) is 13.2 Å². The molecule has 0 amide bonds. The average molecular weight is 635 g/mol. The van der Waals surface area contributed by atoms with E-state index in [-0.39, 0.29) is 25.2 Å². The van der Waals surface area contributed by atoms with Crippen LogP contribution in [0.15, 0.2) is 24.3 Å². The van der Waals surface area contributed by atoms with Gasteiger partial charge >= 0.3 is 11.9 Å². The molecule has 0 aliphatic carbocycles. The Labute approximate surface area is 279 Å². The van der Waals surface area contributed by atoms with Crippen LogP contribution in [0.2, 0.25) is 0 Å². The van der Waals surface area contributed by atoms with Gasteiger partial charge in [-0.25, -0.2) is 0 Å². The third kappa shape index (κ3) is 35.1. The number of allylic oxidation sites excluding steroid dienone is 4. The summed E-state index contributed by atoms with van der Waals surface area (Å²) in [5.41, 5.74) is 0. The number of hydrogen-bond donors (Lipinski definition) is 1. The quantitative estimate of drug-likeness (QED) is 0.0426. The molecule has 0 aromatic heterocycles. The highest BCUT2D eigenvalue weighted by Crippen LogP contribution is 2.14. The Morgan fingerprint density at radius 3 is 1.33 bits per heavy atom. The number of rotatable bonds is 35.